The molecule has 0 bridgehead atoms. The van der Waals surface area contributed by atoms with Gasteiger partial charge in [-0.15, -0.1) is 0 Å². The number of sulfone groups is 1. The minimum absolute atomic E-state index is 0.0794. The highest BCUT2D eigenvalue weighted by atomic mass is 35.5. The molecule has 0 aliphatic rings. The minimum Gasteiger partial charge on any atom is -0.387 e. The van der Waals surface area contributed by atoms with Crippen molar-refractivity contribution in [1.29, 1.82) is 0 Å². The van der Waals surface area contributed by atoms with E-state index in [-0.39, 0.29) is 11.8 Å². The highest BCUT2D eigenvalue weighted by molar-refractivity contribution is 7.90. The van der Waals surface area contributed by atoms with E-state index in [0.29, 0.717) is 23.7 Å². The van der Waals surface area contributed by atoms with Crippen LogP contribution in [0, 0.1) is 0 Å². The van der Waals surface area contributed by atoms with Gasteiger partial charge in [0, 0.05) is 29.4 Å². The lowest BCUT2D eigenvalue weighted by Crippen LogP contribution is -2.40. The number of benzene rings is 1. The molecule has 1 N–H and O–H groups in total. The highest BCUT2D eigenvalue weighted by Gasteiger charge is 2.21. The van der Waals surface area contributed by atoms with Gasteiger partial charge in [0.15, 0.2) is 0 Å². The molecule has 0 spiro atoms. The van der Waals surface area contributed by atoms with Gasteiger partial charge in [0.1, 0.15) is 9.84 Å². The van der Waals surface area contributed by atoms with Crippen molar-refractivity contribution in [2.24, 2.45) is 0 Å². The Bertz CT molecular complexity index is 533. The standard InChI is InChI=1S/C14H22ClNO3S/c1-4-16(11(2)10-20(3,18)19)9-14(17)12-7-5-6-8-13(12)15/h5-8,11,14,17H,4,9-10H2,1-3H3. The quantitative estimate of drug-likeness (QED) is 0.836. The van der Waals surface area contributed by atoms with Crippen molar-refractivity contribution in [1.82, 2.24) is 4.90 Å². The molecule has 0 amide bonds. The molecule has 0 aliphatic heterocycles. The number of hydrogen-bond donors (Lipinski definition) is 1. The van der Waals surface area contributed by atoms with Crippen LogP contribution in [0.15, 0.2) is 24.3 Å². The number of nitrogens with zero attached hydrogens (tertiary/aromatic N) is 1. The number of halogens is 1. The van der Waals surface area contributed by atoms with Crippen LogP contribution in [-0.4, -0.2) is 49.6 Å². The van der Waals surface area contributed by atoms with Crippen molar-refractivity contribution in [3.63, 3.8) is 0 Å². The molecule has 20 heavy (non-hydrogen) atoms. The molecule has 0 saturated carbocycles. The Morgan fingerprint density at radius 1 is 1.35 bits per heavy atom. The molecule has 4 nitrogen and oxygen atoms in total. The molecule has 0 aliphatic carbocycles. The van der Waals surface area contributed by atoms with E-state index in [1.54, 1.807) is 12.1 Å². The molecule has 0 heterocycles. The number of rotatable bonds is 7. The molecule has 2 unspecified atom stereocenters. The normalized spacial score (nSPS) is 15.3. The van der Waals surface area contributed by atoms with Gasteiger partial charge in [-0.25, -0.2) is 8.42 Å². The first kappa shape index (κ1) is 17.4. The van der Waals surface area contributed by atoms with E-state index < -0.39 is 15.9 Å². The maximum Gasteiger partial charge on any atom is 0.148 e. The van der Waals surface area contributed by atoms with Gasteiger partial charge >= 0.3 is 0 Å². The Labute approximate surface area is 126 Å². The summed E-state index contributed by atoms with van der Waals surface area (Å²) in [7, 11) is -3.04. The second-order valence-corrected chi connectivity index (χ2v) is 7.66. The van der Waals surface area contributed by atoms with Crippen molar-refractivity contribution in [3.05, 3.63) is 34.9 Å². The summed E-state index contributed by atoms with van der Waals surface area (Å²) in [6.07, 6.45) is 0.493. The zero-order valence-corrected chi connectivity index (χ0v) is 13.7. The van der Waals surface area contributed by atoms with E-state index in [1.807, 2.05) is 30.9 Å². The van der Waals surface area contributed by atoms with Crippen molar-refractivity contribution in [2.75, 3.05) is 25.1 Å². The fraction of sp³-hybridized carbons (Fsp3) is 0.571. The fourth-order valence-electron chi connectivity index (χ4n) is 2.23. The van der Waals surface area contributed by atoms with Crippen LogP contribution in [-0.2, 0) is 9.84 Å². The zero-order valence-electron chi connectivity index (χ0n) is 12.1. The van der Waals surface area contributed by atoms with Gasteiger partial charge in [-0.1, -0.05) is 36.7 Å². The summed E-state index contributed by atoms with van der Waals surface area (Å²) in [6.45, 7) is 4.82. The van der Waals surface area contributed by atoms with Gasteiger partial charge in [-0.05, 0) is 19.5 Å². The van der Waals surface area contributed by atoms with Crippen LogP contribution in [0.3, 0.4) is 0 Å². The maximum absolute atomic E-state index is 11.4. The van der Waals surface area contributed by atoms with Gasteiger partial charge in [-0.3, -0.25) is 4.90 Å². The second-order valence-electron chi connectivity index (χ2n) is 5.07. The monoisotopic (exact) mass is 319 g/mol. The summed E-state index contributed by atoms with van der Waals surface area (Å²) in [4.78, 5) is 1.94. The Morgan fingerprint density at radius 3 is 2.45 bits per heavy atom. The third kappa shape index (κ3) is 5.40. The molecule has 1 aromatic rings. The summed E-state index contributed by atoms with van der Waals surface area (Å²) in [5.41, 5.74) is 0.666. The lowest BCUT2D eigenvalue weighted by Gasteiger charge is -2.29. The lowest BCUT2D eigenvalue weighted by molar-refractivity contribution is 0.0999. The summed E-state index contributed by atoms with van der Waals surface area (Å²) in [5, 5.41) is 10.8. The Balaban J connectivity index is 2.76. The second kappa shape index (κ2) is 7.41. The largest absolute Gasteiger partial charge is 0.387 e. The van der Waals surface area contributed by atoms with Gasteiger partial charge in [0.25, 0.3) is 0 Å². The van der Waals surface area contributed by atoms with Crippen LogP contribution < -0.4 is 0 Å². The van der Waals surface area contributed by atoms with E-state index in [0.717, 1.165) is 0 Å². The van der Waals surface area contributed by atoms with Crippen LogP contribution in [0.5, 0.6) is 0 Å². The van der Waals surface area contributed by atoms with Crippen molar-refractivity contribution >= 4 is 21.4 Å². The van der Waals surface area contributed by atoms with Gasteiger partial charge in [-0.2, -0.15) is 0 Å². The molecule has 6 heteroatoms. The first-order valence-corrected chi connectivity index (χ1v) is 9.02. The predicted molar refractivity (Wildman–Crippen MR) is 82.8 cm³/mol. The summed E-state index contributed by atoms with van der Waals surface area (Å²) < 4.78 is 22.7. The van der Waals surface area contributed by atoms with E-state index in [2.05, 4.69) is 0 Å². The molecule has 114 valence electrons. The van der Waals surface area contributed by atoms with Crippen LogP contribution in [0.2, 0.25) is 5.02 Å². The smallest absolute Gasteiger partial charge is 0.148 e. The van der Waals surface area contributed by atoms with Gasteiger partial charge < -0.3 is 5.11 Å². The first-order chi connectivity index (χ1) is 9.24. The molecular formula is C14H22ClNO3S. The Morgan fingerprint density at radius 2 is 1.95 bits per heavy atom. The average molecular weight is 320 g/mol. The molecular weight excluding hydrogens is 298 g/mol. The van der Waals surface area contributed by atoms with Gasteiger partial charge in [0.05, 0.1) is 11.9 Å². The van der Waals surface area contributed by atoms with Crippen molar-refractivity contribution < 1.29 is 13.5 Å². The number of aliphatic hydroxyl groups excluding tert-OH is 1. The van der Waals surface area contributed by atoms with Gasteiger partial charge in [0.2, 0.25) is 0 Å². The third-order valence-corrected chi connectivity index (χ3v) is 4.68. The molecule has 0 radical (unpaired) electrons. The average Bonchev–Trinajstić information content (AvgIpc) is 2.33. The van der Waals surface area contributed by atoms with E-state index in [9.17, 15) is 13.5 Å². The molecule has 0 aromatic heterocycles. The van der Waals surface area contributed by atoms with Crippen molar-refractivity contribution in [3.8, 4) is 0 Å². The number of aliphatic hydroxyl groups is 1. The molecule has 2 atom stereocenters. The van der Waals surface area contributed by atoms with Crippen LogP contribution in [0.25, 0.3) is 0 Å². The topological polar surface area (TPSA) is 57.6 Å². The fourth-order valence-corrected chi connectivity index (χ4v) is 3.58. The van der Waals surface area contributed by atoms with E-state index >= 15 is 0 Å². The van der Waals surface area contributed by atoms with E-state index in [4.69, 9.17) is 11.6 Å². The number of hydrogen-bond acceptors (Lipinski definition) is 4. The molecule has 1 rings (SSSR count). The Kier molecular flexibility index (Phi) is 6.45. The summed E-state index contributed by atoms with van der Waals surface area (Å²) in [5.74, 6) is 0.0794. The summed E-state index contributed by atoms with van der Waals surface area (Å²) in [6, 6.07) is 6.99. The van der Waals surface area contributed by atoms with E-state index in [1.165, 1.54) is 6.26 Å². The third-order valence-electron chi connectivity index (χ3n) is 3.25. The lowest BCUT2D eigenvalue weighted by atomic mass is 10.1. The molecule has 1 aromatic carbocycles. The predicted octanol–water partition coefficient (Wildman–Crippen LogP) is 2.13. The maximum atomic E-state index is 11.4. The van der Waals surface area contributed by atoms with Crippen LogP contribution >= 0.6 is 11.6 Å². The number of likely N-dealkylation sites (N-methyl/N-ethyl adjacent to an activating group) is 1. The molecule has 0 saturated heterocycles. The first-order valence-electron chi connectivity index (χ1n) is 6.59. The van der Waals surface area contributed by atoms with Crippen LogP contribution in [0.1, 0.15) is 25.5 Å². The SMILES string of the molecule is CCN(CC(O)c1ccccc1Cl)C(C)CS(C)(=O)=O. The minimum atomic E-state index is -3.04. The summed E-state index contributed by atoms with van der Waals surface area (Å²) >= 11 is 6.06. The van der Waals surface area contributed by atoms with Crippen molar-refractivity contribution in [2.45, 2.75) is 26.0 Å². The Hall–Kier alpha value is -0.620. The zero-order chi connectivity index (χ0) is 15.3. The molecule has 0 fully saturated rings. The highest BCUT2D eigenvalue weighted by Crippen LogP contribution is 2.23. The van der Waals surface area contributed by atoms with Crippen LogP contribution in [0.4, 0.5) is 0 Å².